The quantitative estimate of drug-likeness (QED) is 0.784. The standard InChI is InChI=1S/C15H22F2N2O3S.ClH/c1-10(22-2)9-23(20,21)19-15-8-18-6-5-12(15)11-3-4-13(16)14(17)7-11;/h3-4,7,10,12,15,18-19H,5-6,8-9H2,1-2H3;1H. The van der Waals surface area contributed by atoms with Gasteiger partial charge in [0, 0.05) is 25.6 Å². The SMILES string of the molecule is COC(C)CS(=O)(=O)NC1CNCCC1c1ccc(F)c(F)c1.Cl. The Morgan fingerprint density at radius 2 is 2.08 bits per heavy atom. The number of hydrogen-bond acceptors (Lipinski definition) is 4. The molecule has 0 spiro atoms. The van der Waals surface area contributed by atoms with Crippen LogP contribution in [0.5, 0.6) is 0 Å². The lowest BCUT2D eigenvalue weighted by molar-refractivity contribution is 0.136. The second-order valence-electron chi connectivity index (χ2n) is 5.82. The summed E-state index contributed by atoms with van der Waals surface area (Å²) in [6.45, 7) is 2.80. The Morgan fingerprint density at radius 1 is 1.38 bits per heavy atom. The monoisotopic (exact) mass is 384 g/mol. The van der Waals surface area contributed by atoms with Gasteiger partial charge in [-0.2, -0.15) is 0 Å². The minimum atomic E-state index is -3.53. The highest BCUT2D eigenvalue weighted by Crippen LogP contribution is 2.27. The average Bonchev–Trinajstić information content (AvgIpc) is 2.49. The Balaban J connectivity index is 0.00000288. The van der Waals surface area contributed by atoms with Gasteiger partial charge in [-0.05, 0) is 37.6 Å². The summed E-state index contributed by atoms with van der Waals surface area (Å²) in [6.07, 6.45) is 0.212. The van der Waals surface area contributed by atoms with Gasteiger partial charge in [-0.3, -0.25) is 0 Å². The number of sulfonamides is 1. The van der Waals surface area contributed by atoms with Crippen LogP contribution in [0.4, 0.5) is 8.78 Å². The summed E-state index contributed by atoms with van der Waals surface area (Å²) >= 11 is 0. The molecular weight excluding hydrogens is 362 g/mol. The van der Waals surface area contributed by atoms with Crippen LogP contribution in [-0.4, -0.2) is 46.5 Å². The molecule has 2 N–H and O–H groups in total. The molecule has 1 aliphatic rings. The third-order valence-corrected chi connectivity index (χ3v) is 5.61. The van der Waals surface area contributed by atoms with E-state index in [4.69, 9.17) is 4.74 Å². The van der Waals surface area contributed by atoms with Gasteiger partial charge in [-0.1, -0.05) is 6.07 Å². The fraction of sp³-hybridized carbons (Fsp3) is 0.600. The van der Waals surface area contributed by atoms with E-state index in [1.54, 1.807) is 6.92 Å². The Labute approximate surface area is 147 Å². The summed E-state index contributed by atoms with van der Waals surface area (Å²) in [5.41, 5.74) is 0.595. The van der Waals surface area contributed by atoms with Crippen molar-refractivity contribution in [2.24, 2.45) is 0 Å². The van der Waals surface area contributed by atoms with E-state index in [0.717, 1.165) is 12.1 Å². The zero-order chi connectivity index (χ0) is 17.0. The van der Waals surface area contributed by atoms with Crippen molar-refractivity contribution in [1.82, 2.24) is 10.0 Å². The van der Waals surface area contributed by atoms with E-state index in [2.05, 4.69) is 10.0 Å². The van der Waals surface area contributed by atoms with Gasteiger partial charge < -0.3 is 10.1 Å². The molecule has 2 rings (SSSR count). The summed E-state index contributed by atoms with van der Waals surface area (Å²) in [4.78, 5) is 0. The van der Waals surface area contributed by atoms with Gasteiger partial charge in [-0.25, -0.2) is 21.9 Å². The molecule has 1 heterocycles. The van der Waals surface area contributed by atoms with Crippen LogP contribution in [-0.2, 0) is 14.8 Å². The molecule has 3 unspecified atom stereocenters. The second-order valence-corrected chi connectivity index (χ2v) is 7.62. The lowest BCUT2D eigenvalue weighted by Gasteiger charge is -2.33. The molecule has 9 heteroatoms. The van der Waals surface area contributed by atoms with Crippen molar-refractivity contribution in [2.45, 2.75) is 31.4 Å². The molecule has 0 amide bonds. The van der Waals surface area contributed by atoms with E-state index >= 15 is 0 Å². The first-order valence-electron chi connectivity index (χ1n) is 7.51. The van der Waals surface area contributed by atoms with Crippen LogP contribution < -0.4 is 10.0 Å². The van der Waals surface area contributed by atoms with E-state index in [1.807, 2.05) is 0 Å². The lowest BCUT2D eigenvalue weighted by Crippen LogP contribution is -2.51. The van der Waals surface area contributed by atoms with Crippen molar-refractivity contribution in [3.63, 3.8) is 0 Å². The highest BCUT2D eigenvalue weighted by atomic mass is 35.5. The third kappa shape index (κ3) is 5.63. The van der Waals surface area contributed by atoms with Crippen LogP contribution in [0.15, 0.2) is 18.2 Å². The number of methoxy groups -OCH3 is 1. The van der Waals surface area contributed by atoms with Crippen molar-refractivity contribution in [2.75, 3.05) is 26.0 Å². The Bertz CT molecular complexity index is 646. The van der Waals surface area contributed by atoms with Crippen molar-refractivity contribution >= 4 is 22.4 Å². The zero-order valence-corrected chi connectivity index (χ0v) is 15.2. The topological polar surface area (TPSA) is 67.4 Å². The Kier molecular flexibility index (Phi) is 8.01. The van der Waals surface area contributed by atoms with Crippen molar-refractivity contribution in [3.8, 4) is 0 Å². The van der Waals surface area contributed by atoms with Crippen molar-refractivity contribution in [1.29, 1.82) is 0 Å². The molecule has 1 aromatic rings. The molecule has 138 valence electrons. The van der Waals surface area contributed by atoms with Crippen LogP contribution in [0.1, 0.15) is 24.8 Å². The molecule has 5 nitrogen and oxygen atoms in total. The fourth-order valence-electron chi connectivity index (χ4n) is 2.78. The first kappa shape index (κ1) is 21.2. The van der Waals surface area contributed by atoms with Gasteiger partial charge in [0.05, 0.1) is 11.9 Å². The summed E-state index contributed by atoms with van der Waals surface area (Å²) in [6, 6.07) is 3.31. The molecule has 0 aromatic heterocycles. The minimum Gasteiger partial charge on any atom is -0.381 e. The Hall–Kier alpha value is -0.800. The smallest absolute Gasteiger partial charge is 0.214 e. The predicted molar refractivity (Wildman–Crippen MR) is 91.0 cm³/mol. The normalized spacial score (nSPS) is 22.7. The van der Waals surface area contributed by atoms with Gasteiger partial charge in [-0.15, -0.1) is 12.4 Å². The summed E-state index contributed by atoms with van der Waals surface area (Å²) in [5.74, 6) is -2.19. The number of hydrogen-bond donors (Lipinski definition) is 2. The molecule has 1 fully saturated rings. The maximum Gasteiger partial charge on any atom is 0.214 e. The maximum atomic E-state index is 13.5. The average molecular weight is 385 g/mol. The van der Waals surface area contributed by atoms with Crippen LogP contribution in [0.25, 0.3) is 0 Å². The molecule has 0 bridgehead atoms. The summed E-state index contributed by atoms with van der Waals surface area (Å²) < 4.78 is 58.6. The largest absolute Gasteiger partial charge is 0.381 e. The molecule has 3 atom stereocenters. The predicted octanol–water partition coefficient (Wildman–Crippen LogP) is 1.79. The van der Waals surface area contributed by atoms with E-state index in [-0.39, 0.29) is 24.1 Å². The molecule has 0 radical (unpaired) electrons. The lowest BCUT2D eigenvalue weighted by atomic mass is 9.86. The second kappa shape index (κ2) is 9.05. The number of halogens is 3. The van der Waals surface area contributed by atoms with E-state index in [9.17, 15) is 17.2 Å². The number of ether oxygens (including phenoxy) is 1. The number of nitrogens with one attached hydrogen (secondary N) is 2. The number of piperidine rings is 1. The molecule has 1 aromatic carbocycles. The maximum absolute atomic E-state index is 13.5. The van der Waals surface area contributed by atoms with Crippen LogP contribution in [0.3, 0.4) is 0 Å². The van der Waals surface area contributed by atoms with E-state index in [0.29, 0.717) is 25.1 Å². The molecule has 0 aliphatic carbocycles. The van der Waals surface area contributed by atoms with Crippen molar-refractivity contribution < 1.29 is 21.9 Å². The van der Waals surface area contributed by atoms with E-state index < -0.39 is 33.8 Å². The highest BCUT2D eigenvalue weighted by molar-refractivity contribution is 7.89. The van der Waals surface area contributed by atoms with Crippen LogP contribution >= 0.6 is 12.4 Å². The van der Waals surface area contributed by atoms with Gasteiger partial charge in [0.15, 0.2) is 11.6 Å². The van der Waals surface area contributed by atoms with Gasteiger partial charge in [0.25, 0.3) is 0 Å². The molecule has 1 aliphatic heterocycles. The molecule has 0 saturated carbocycles. The third-order valence-electron chi connectivity index (χ3n) is 4.04. The number of benzene rings is 1. The van der Waals surface area contributed by atoms with Crippen molar-refractivity contribution in [3.05, 3.63) is 35.4 Å². The first-order valence-corrected chi connectivity index (χ1v) is 9.16. The molecule has 24 heavy (non-hydrogen) atoms. The number of rotatable bonds is 6. The summed E-state index contributed by atoms with van der Waals surface area (Å²) in [7, 11) is -2.08. The highest BCUT2D eigenvalue weighted by Gasteiger charge is 2.31. The van der Waals surface area contributed by atoms with Gasteiger partial charge in [0.1, 0.15) is 0 Å². The van der Waals surface area contributed by atoms with Gasteiger partial charge >= 0.3 is 0 Å². The fourth-order valence-corrected chi connectivity index (χ4v) is 4.34. The van der Waals surface area contributed by atoms with Gasteiger partial charge in [0.2, 0.25) is 10.0 Å². The van der Waals surface area contributed by atoms with E-state index in [1.165, 1.54) is 13.2 Å². The Morgan fingerprint density at radius 3 is 2.71 bits per heavy atom. The summed E-state index contributed by atoms with van der Waals surface area (Å²) in [5, 5.41) is 3.12. The zero-order valence-electron chi connectivity index (χ0n) is 13.6. The minimum absolute atomic E-state index is 0. The molecular formula is C15H23ClF2N2O3S. The van der Waals surface area contributed by atoms with Crippen LogP contribution in [0.2, 0.25) is 0 Å². The van der Waals surface area contributed by atoms with Crippen LogP contribution in [0, 0.1) is 11.6 Å². The molecule has 1 saturated heterocycles. The first-order chi connectivity index (χ1) is 10.8.